The second kappa shape index (κ2) is 7.01. The largest absolute Gasteiger partial charge is 0.387 e. The number of amides is 1. The predicted octanol–water partition coefficient (Wildman–Crippen LogP) is 2.09. The third-order valence-corrected chi connectivity index (χ3v) is 4.60. The molecule has 0 bridgehead atoms. The lowest BCUT2D eigenvalue weighted by Crippen LogP contribution is -2.27. The number of alkyl halides is 1. The van der Waals surface area contributed by atoms with Crippen LogP contribution >= 0.6 is 0 Å². The molecular weight excluding hydrogens is 353 g/mol. The van der Waals surface area contributed by atoms with Crippen molar-refractivity contribution in [3.8, 4) is 0 Å². The number of nitrogens with zero attached hydrogens (tertiary/aromatic N) is 4. The van der Waals surface area contributed by atoms with Gasteiger partial charge in [0.2, 0.25) is 0 Å². The summed E-state index contributed by atoms with van der Waals surface area (Å²) in [6.45, 7) is 1.81. The minimum atomic E-state index is -1.61. The van der Waals surface area contributed by atoms with Crippen LogP contribution in [0.4, 0.5) is 10.2 Å². The molecule has 3 heterocycles. The summed E-state index contributed by atoms with van der Waals surface area (Å²) in [5, 5.41) is 12.7. The highest BCUT2D eigenvalue weighted by Gasteiger charge is 2.44. The predicted molar refractivity (Wildman–Crippen MR) is 94.8 cm³/mol. The number of ether oxygens (including phenoxy) is 1. The number of carbonyl (C=O) groups is 1. The molecule has 0 spiro atoms. The second-order valence-corrected chi connectivity index (χ2v) is 6.27. The molecule has 9 heteroatoms. The van der Waals surface area contributed by atoms with Crippen molar-refractivity contribution in [1.29, 1.82) is 0 Å². The molecule has 1 fully saturated rings. The van der Waals surface area contributed by atoms with Gasteiger partial charge in [-0.1, -0.05) is 25.1 Å². The van der Waals surface area contributed by atoms with Gasteiger partial charge < -0.3 is 15.2 Å². The molecule has 8 nitrogen and oxygen atoms in total. The number of anilines is 1. The summed E-state index contributed by atoms with van der Waals surface area (Å²) in [6, 6.07) is 8.69. The highest BCUT2D eigenvalue weighted by Crippen LogP contribution is 2.35. The summed E-state index contributed by atoms with van der Waals surface area (Å²) in [5.41, 5.74) is 1.09. The number of aliphatic hydroxyl groups is 1. The molecule has 140 valence electrons. The normalized spacial score (nSPS) is 25.0. The number of nitrogens with one attached hydrogen (secondary N) is 1. The van der Waals surface area contributed by atoms with Gasteiger partial charge in [0, 0.05) is 5.56 Å². The molecule has 1 aliphatic rings. The Morgan fingerprint density at radius 2 is 2.07 bits per heavy atom. The van der Waals surface area contributed by atoms with Crippen molar-refractivity contribution in [3.63, 3.8) is 0 Å². The van der Waals surface area contributed by atoms with E-state index in [1.807, 2.05) is 13.0 Å². The van der Waals surface area contributed by atoms with E-state index in [4.69, 9.17) is 4.74 Å². The van der Waals surface area contributed by atoms with E-state index < -0.39 is 24.6 Å². The lowest BCUT2D eigenvalue weighted by atomic mass is 10.1. The standard InChI is InChI=1S/C18H18FN5O3/c1-2-11-14(25)12(19)18(27-11)24-9-22-13-15(20-8-21-16(13)24)23-17(26)10-6-4-3-5-7-10/h3-9,11-12,14,18,25H,2H2,1H3,(H,20,21,23,26)/t11-,12+,14+,18-/m1/s1. The molecule has 0 radical (unpaired) electrons. The number of halogens is 1. The maximum Gasteiger partial charge on any atom is 0.256 e. The number of rotatable bonds is 4. The van der Waals surface area contributed by atoms with Gasteiger partial charge in [0.05, 0.1) is 12.4 Å². The van der Waals surface area contributed by atoms with Gasteiger partial charge in [0.1, 0.15) is 12.4 Å². The number of hydrogen-bond acceptors (Lipinski definition) is 6. The number of aromatic nitrogens is 4. The van der Waals surface area contributed by atoms with Crippen LogP contribution in [0.25, 0.3) is 11.2 Å². The van der Waals surface area contributed by atoms with Crippen molar-refractivity contribution in [1.82, 2.24) is 19.5 Å². The third-order valence-electron chi connectivity index (χ3n) is 4.60. The molecule has 4 atom stereocenters. The smallest absolute Gasteiger partial charge is 0.256 e. The summed E-state index contributed by atoms with van der Waals surface area (Å²) in [5.74, 6) is -0.124. The topological polar surface area (TPSA) is 102 Å². The zero-order chi connectivity index (χ0) is 19.0. The summed E-state index contributed by atoms with van der Waals surface area (Å²) >= 11 is 0. The number of imidazole rings is 1. The molecule has 27 heavy (non-hydrogen) atoms. The van der Waals surface area contributed by atoms with Crippen LogP contribution in [0, 0.1) is 0 Å². The quantitative estimate of drug-likeness (QED) is 0.728. The van der Waals surface area contributed by atoms with Crippen molar-refractivity contribution in [3.05, 3.63) is 48.5 Å². The van der Waals surface area contributed by atoms with E-state index in [0.717, 1.165) is 0 Å². The highest BCUT2D eigenvalue weighted by molar-refractivity contribution is 6.06. The molecule has 0 unspecified atom stereocenters. The zero-order valence-electron chi connectivity index (χ0n) is 14.5. The van der Waals surface area contributed by atoms with Crippen molar-refractivity contribution < 1.29 is 19.0 Å². The zero-order valence-corrected chi connectivity index (χ0v) is 14.5. The average Bonchev–Trinajstić information content (AvgIpc) is 3.25. The number of aliphatic hydroxyl groups excluding tert-OH is 1. The Bertz CT molecular complexity index is 964. The molecule has 4 rings (SSSR count). The van der Waals surface area contributed by atoms with E-state index in [0.29, 0.717) is 23.1 Å². The number of hydrogen-bond donors (Lipinski definition) is 2. The lowest BCUT2D eigenvalue weighted by Gasteiger charge is -2.15. The fourth-order valence-electron chi connectivity index (χ4n) is 3.16. The Morgan fingerprint density at radius 1 is 1.30 bits per heavy atom. The number of benzene rings is 1. The fourth-order valence-corrected chi connectivity index (χ4v) is 3.16. The second-order valence-electron chi connectivity index (χ2n) is 6.27. The Balaban J connectivity index is 1.65. The monoisotopic (exact) mass is 371 g/mol. The van der Waals surface area contributed by atoms with Crippen LogP contribution in [0.1, 0.15) is 29.9 Å². The minimum Gasteiger partial charge on any atom is -0.387 e. The Kier molecular flexibility index (Phi) is 4.54. The summed E-state index contributed by atoms with van der Waals surface area (Å²) < 4.78 is 21.5. The maximum atomic E-state index is 14.5. The van der Waals surface area contributed by atoms with Gasteiger partial charge in [0.25, 0.3) is 5.91 Å². The van der Waals surface area contributed by atoms with Gasteiger partial charge in [-0.3, -0.25) is 9.36 Å². The maximum absolute atomic E-state index is 14.5. The minimum absolute atomic E-state index is 0.216. The van der Waals surface area contributed by atoms with Gasteiger partial charge in [-0.25, -0.2) is 19.3 Å². The van der Waals surface area contributed by atoms with Crippen molar-refractivity contribution >= 4 is 22.9 Å². The van der Waals surface area contributed by atoms with Crippen LogP contribution in [0.15, 0.2) is 43.0 Å². The fraction of sp³-hybridized carbons (Fsp3) is 0.333. The SMILES string of the molecule is CC[C@H]1O[C@@H](n2cnc3c(NC(=O)c4ccccc4)ncnc32)[C@@H](F)[C@H]1O. The number of fused-ring (bicyclic) bond motifs is 1. The molecule has 2 aromatic heterocycles. The molecule has 1 saturated heterocycles. The molecule has 1 aliphatic heterocycles. The van der Waals surface area contributed by atoms with Crippen LogP contribution < -0.4 is 5.32 Å². The first-order valence-corrected chi connectivity index (χ1v) is 8.61. The Morgan fingerprint density at radius 3 is 2.78 bits per heavy atom. The van der Waals surface area contributed by atoms with Crippen LogP contribution in [-0.4, -0.2) is 48.9 Å². The van der Waals surface area contributed by atoms with Gasteiger partial charge in [-0.05, 0) is 18.6 Å². The van der Waals surface area contributed by atoms with Crippen LogP contribution in [0.5, 0.6) is 0 Å². The molecule has 1 amide bonds. The highest BCUT2D eigenvalue weighted by atomic mass is 19.1. The summed E-state index contributed by atoms with van der Waals surface area (Å²) in [6.07, 6.45) is -1.33. The molecule has 1 aromatic carbocycles. The molecular formula is C18H18FN5O3. The van der Waals surface area contributed by atoms with E-state index in [2.05, 4.69) is 20.3 Å². The molecule has 3 aromatic rings. The van der Waals surface area contributed by atoms with E-state index >= 15 is 0 Å². The molecule has 0 aliphatic carbocycles. The van der Waals surface area contributed by atoms with Gasteiger partial charge in [0.15, 0.2) is 29.4 Å². The van der Waals surface area contributed by atoms with Crippen molar-refractivity contribution in [2.45, 2.75) is 38.0 Å². The number of carbonyl (C=O) groups excluding carboxylic acids is 1. The van der Waals surface area contributed by atoms with E-state index in [1.54, 1.807) is 24.3 Å². The molecule has 0 saturated carbocycles. The van der Waals surface area contributed by atoms with E-state index in [-0.39, 0.29) is 11.7 Å². The first-order valence-electron chi connectivity index (χ1n) is 8.61. The summed E-state index contributed by atoms with van der Waals surface area (Å²) in [4.78, 5) is 24.8. The van der Waals surface area contributed by atoms with Gasteiger partial charge >= 0.3 is 0 Å². The average molecular weight is 371 g/mol. The van der Waals surface area contributed by atoms with Crippen LogP contribution in [0.3, 0.4) is 0 Å². The van der Waals surface area contributed by atoms with E-state index in [1.165, 1.54) is 17.2 Å². The van der Waals surface area contributed by atoms with Crippen LogP contribution in [-0.2, 0) is 4.74 Å². The van der Waals surface area contributed by atoms with Gasteiger partial charge in [-0.2, -0.15) is 0 Å². The van der Waals surface area contributed by atoms with Crippen molar-refractivity contribution in [2.75, 3.05) is 5.32 Å². The summed E-state index contributed by atoms with van der Waals surface area (Å²) in [7, 11) is 0. The Hall–Kier alpha value is -2.91. The first-order chi connectivity index (χ1) is 13.1. The lowest BCUT2D eigenvalue weighted by molar-refractivity contribution is -0.0238. The first kappa shape index (κ1) is 17.5. The molecule has 2 N–H and O–H groups in total. The Labute approximate surface area is 154 Å². The third kappa shape index (κ3) is 3.04. The van der Waals surface area contributed by atoms with Crippen molar-refractivity contribution in [2.24, 2.45) is 0 Å². The van der Waals surface area contributed by atoms with E-state index in [9.17, 15) is 14.3 Å². The van der Waals surface area contributed by atoms with Crippen LogP contribution in [0.2, 0.25) is 0 Å². The van der Waals surface area contributed by atoms with Gasteiger partial charge in [-0.15, -0.1) is 0 Å².